The Labute approximate surface area is 156 Å². The lowest BCUT2D eigenvalue weighted by Crippen LogP contribution is -2.47. The Kier molecular flexibility index (Phi) is 6.07. The van der Waals surface area contributed by atoms with Crippen LogP contribution in [0.2, 0.25) is 0 Å². The predicted molar refractivity (Wildman–Crippen MR) is 104 cm³/mol. The monoisotopic (exact) mass is 352 g/mol. The molecule has 1 aliphatic heterocycles. The fourth-order valence-corrected chi connectivity index (χ4v) is 3.62. The lowest BCUT2D eigenvalue weighted by molar-refractivity contribution is 0.0198. The molecule has 0 aliphatic carbocycles. The summed E-state index contributed by atoms with van der Waals surface area (Å²) in [4.78, 5) is 16.6. The second-order valence-corrected chi connectivity index (χ2v) is 7.49. The summed E-state index contributed by atoms with van der Waals surface area (Å²) in [5.41, 5.74) is 3.13. The van der Waals surface area contributed by atoms with Crippen molar-refractivity contribution in [2.45, 2.75) is 25.5 Å². The number of hydrogen-bond acceptors (Lipinski definition) is 3. The van der Waals surface area contributed by atoms with Gasteiger partial charge in [0.25, 0.3) is 5.91 Å². The minimum Gasteiger partial charge on any atom is -0.391 e. The van der Waals surface area contributed by atoms with E-state index in [2.05, 4.69) is 17.0 Å². The number of rotatable bonds is 5. The number of carbonyl (C=O) groups excluding carboxylic acids is 1. The van der Waals surface area contributed by atoms with Crippen molar-refractivity contribution >= 4 is 5.91 Å². The van der Waals surface area contributed by atoms with Crippen molar-refractivity contribution in [1.29, 1.82) is 0 Å². The maximum atomic E-state index is 12.7. The van der Waals surface area contributed by atoms with Crippen LogP contribution in [-0.4, -0.2) is 54.1 Å². The van der Waals surface area contributed by atoms with E-state index >= 15 is 0 Å². The smallest absolute Gasteiger partial charge is 0.253 e. The van der Waals surface area contributed by atoms with Crippen LogP contribution in [-0.2, 0) is 13.0 Å². The molecule has 26 heavy (non-hydrogen) atoms. The molecule has 1 amide bonds. The zero-order valence-corrected chi connectivity index (χ0v) is 15.6. The van der Waals surface area contributed by atoms with Gasteiger partial charge in [-0.15, -0.1) is 0 Å². The Morgan fingerprint density at radius 2 is 1.77 bits per heavy atom. The van der Waals surface area contributed by atoms with Crippen LogP contribution in [0.3, 0.4) is 0 Å². The Balaban J connectivity index is 1.58. The molecule has 3 rings (SSSR count). The van der Waals surface area contributed by atoms with Crippen molar-refractivity contribution in [2.75, 3.05) is 27.2 Å². The number of aliphatic hydroxyl groups excluding tert-OH is 1. The van der Waals surface area contributed by atoms with Gasteiger partial charge in [0.2, 0.25) is 0 Å². The second kappa shape index (κ2) is 8.47. The van der Waals surface area contributed by atoms with E-state index in [-0.39, 0.29) is 11.8 Å². The average molecular weight is 352 g/mol. The predicted octanol–water partition coefficient (Wildman–Crippen LogP) is 2.81. The maximum Gasteiger partial charge on any atom is 0.253 e. The van der Waals surface area contributed by atoms with Crippen molar-refractivity contribution in [1.82, 2.24) is 9.80 Å². The van der Waals surface area contributed by atoms with Crippen molar-refractivity contribution in [3.8, 4) is 0 Å². The summed E-state index contributed by atoms with van der Waals surface area (Å²) < 4.78 is 0. The fraction of sp³-hybridized carbons (Fsp3) is 0.409. The van der Waals surface area contributed by atoms with E-state index in [1.165, 1.54) is 11.1 Å². The molecular weight excluding hydrogens is 324 g/mol. The largest absolute Gasteiger partial charge is 0.391 e. The van der Waals surface area contributed by atoms with Crippen molar-refractivity contribution in [2.24, 2.45) is 5.92 Å². The third kappa shape index (κ3) is 4.71. The first-order chi connectivity index (χ1) is 12.5. The number of carbonyl (C=O) groups is 1. The first-order valence-electron chi connectivity index (χ1n) is 9.28. The highest BCUT2D eigenvalue weighted by atomic mass is 16.3. The van der Waals surface area contributed by atoms with Gasteiger partial charge in [0.1, 0.15) is 0 Å². The number of hydrogen-bond donors (Lipinski definition) is 1. The molecule has 0 spiro atoms. The van der Waals surface area contributed by atoms with E-state index in [0.717, 1.165) is 19.4 Å². The molecule has 1 N–H and O–H groups in total. The van der Waals surface area contributed by atoms with Gasteiger partial charge in [-0.1, -0.05) is 42.5 Å². The normalized spacial score (nSPS) is 20.4. The zero-order valence-electron chi connectivity index (χ0n) is 15.6. The number of benzene rings is 2. The highest BCUT2D eigenvalue weighted by molar-refractivity contribution is 5.94. The van der Waals surface area contributed by atoms with Gasteiger partial charge >= 0.3 is 0 Å². The molecule has 1 aliphatic rings. The molecule has 4 heteroatoms. The molecule has 4 nitrogen and oxygen atoms in total. The average Bonchev–Trinajstić information content (AvgIpc) is 2.64. The van der Waals surface area contributed by atoms with Gasteiger partial charge in [0, 0.05) is 25.2 Å². The lowest BCUT2D eigenvalue weighted by atomic mass is 9.87. The van der Waals surface area contributed by atoms with Gasteiger partial charge in [-0.25, -0.2) is 0 Å². The molecule has 2 aromatic rings. The number of β-amino-alcohol motifs (C(OH)–C–C–N with tert-alkyl or cyclic N) is 1. The minimum atomic E-state index is -0.471. The number of likely N-dealkylation sites (tertiary alicyclic amines) is 1. The van der Waals surface area contributed by atoms with E-state index < -0.39 is 6.10 Å². The van der Waals surface area contributed by atoms with Gasteiger partial charge in [-0.2, -0.15) is 0 Å². The molecule has 2 aromatic carbocycles. The standard InChI is InChI=1S/C22H28N2O2/c1-23(2)15-18-8-10-19(11-9-18)22(26)24-13-12-20(21(25)16-24)14-17-6-4-3-5-7-17/h3-11,20-21,25H,12-16H2,1-2H3/t20-,21-/m1/s1. The molecule has 138 valence electrons. The first-order valence-corrected chi connectivity index (χ1v) is 9.28. The van der Waals surface area contributed by atoms with Crippen molar-refractivity contribution in [3.05, 3.63) is 71.3 Å². The van der Waals surface area contributed by atoms with E-state index in [1.54, 1.807) is 4.90 Å². The van der Waals surface area contributed by atoms with Crippen LogP contribution < -0.4 is 0 Å². The second-order valence-electron chi connectivity index (χ2n) is 7.49. The molecule has 0 saturated carbocycles. The summed E-state index contributed by atoms with van der Waals surface area (Å²) in [6.45, 7) is 1.97. The van der Waals surface area contributed by atoms with E-state index in [1.807, 2.05) is 56.6 Å². The van der Waals surface area contributed by atoms with Crippen molar-refractivity contribution < 1.29 is 9.90 Å². The molecule has 1 fully saturated rings. The van der Waals surface area contributed by atoms with E-state index in [0.29, 0.717) is 18.7 Å². The Hall–Kier alpha value is -2.17. The van der Waals surface area contributed by atoms with Gasteiger partial charge in [-0.3, -0.25) is 4.79 Å². The lowest BCUT2D eigenvalue weighted by Gasteiger charge is -2.36. The van der Waals surface area contributed by atoms with Crippen LogP contribution in [0.5, 0.6) is 0 Å². The Morgan fingerprint density at radius 1 is 1.08 bits per heavy atom. The van der Waals surface area contributed by atoms with Crippen LogP contribution in [0.15, 0.2) is 54.6 Å². The highest BCUT2D eigenvalue weighted by Crippen LogP contribution is 2.23. The van der Waals surface area contributed by atoms with Crippen LogP contribution in [0.4, 0.5) is 0 Å². The summed E-state index contributed by atoms with van der Waals surface area (Å²) in [5.74, 6) is 0.225. The van der Waals surface area contributed by atoms with Gasteiger partial charge in [-0.05, 0) is 56.1 Å². The summed E-state index contributed by atoms with van der Waals surface area (Å²) in [6, 6.07) is 18.1. The third-order valence-electron chi connectivity index (χ3n) is 5.05. The highest BCUT2D eigenvalue weighted by Gasteiger charge is 2.30. The number of nitrogens with zero attached hydrogens (tertiary/aromatic N) is 2. The summed E-state index contributed by atoms with van der Waals surface area (Å²) in [5, 5.41) is 10.5. The van der Waals surface area contributed by atoms with Crippen LogP contribution in [0, 0.1) is 5.92 Å². The zero-order chi connectivity index (χ0) is 18.5. The third-order valence-corrected chi connectivity index (χ3v) is 5.05. The number of aliphatic hydroxyl groups is 1. The Bertz CT molecular complexity index is 713. The molecular formula is C22H28N2O2. The van der Waals surface area contributed by atoms with Gasteiger partial charge in [0.15, 0.2) is 0 Å². The SMILES string of the molecule is CN(C)Cc1ccc(C(=O)N2CC[C@H](Cc3ccccc3)[C@H](O)C2)cc1. The topological polar surface area (TPSA) is 43.8 Å². The maximum absolute atomic E-state index is 12.7. The van der Waals surface area contributed by atoms with Crippen LogP contribution in [0.1, 0.15) is 27.9 Å². The molecule has 1 saturated heterocycles. The summed E-state index contributed by atoms with van der Waals surface area (Å²) in [6.07, 6.45) is 1.23. The van der Waals surface area contributed by atoms with Gasteiger partial charge in [0.05, 0.1) is 6.10 Å². The minimum absolute atomic E-state index is 0.0126. The van der Waals surface area contributed by atoms with Crippen LogP contribution in [0.25, 0.3) is 0 Å². The quantitative estimate of drug-likeness (QED) is 0.900. The van der Waals surface area contributed by atoms with Gasteiger partial charge < -0.3 is 14.9 Å². The fourth-order valence-electron chi connectivity index (χ4n) is 3.62. The van der Waals surface area contributed by atoms with Crippen molar-refractivity contribution in [3.63, 3.8) is 0 Å². The number of amides is 1. The molecule has 0 aromatic heterocycles. The molecule has 0 radical (unpaired) electrons. The Morgan fingerprint density at radius 3 is 2.38 bits per heavy atom. The molecule has 0 unspecified atom stereocenters. The van der Waals surface area contributed by atoms with E-state index in [4.69, 9.17) is 0 Å². The van der Waals surface area contributed by atoms with E-state index in [9.17, 15) is 9.90 Å². The van der Waals surface area contributed by atoms with Crippen LogP contribution >= 0.6 is 0 Å². The summed E-state index contributed by atoms with van der Waals surface area (Å²) >= 11 is 0. The first kappa shape index (κ1) is 18.6. The molecule has 2 atom stereocenters. The molecule has 1 heterocycles. The molecule has 0 bridgehead atoms. The summed E-state index contributed by atoms with van der Waals surface area (Å²) in [7, 11) is 4.06. The number of piperidine rings is 1.